The van der Waals surface area contributed by atoms with Crippen molar-refractivity contribution in [3.05, 3.63) is 60.6 Å². The Kier molecular flexibility index (Phi) is 4.94. The number of methoxy groups -OCH3 is 1. The summed E-state index contributed by atoms with van der Waals surface area (Å²) >= 11 is 14.4. The number of ketones is 1. The van der Waals surface area contributed by atoms with Crippen LogP contribution >= 0.6 is 45.8 Å². The van der Waals surface area contributed by atoms with E-state index in [4.69, 9.17) is 27.9 Å². The van der Waals surface area contributed by atoms with Crippen LogP contribution in [-0.4, -0.2) is 12.9 Å². The highest BCUT2D eigenvalue weighted by Crippen LogP contribution is 2.33. The lowest BCUT2D eigenvalue weighted by atomic mass is 10.0. The lowest BCUT2D eigenvalue weighted by molar-refractivity contribution is 0.103. The molecule has 2 aromatic rings. The minimum Gasteiger partial charge on any atom is -0.495 e. The normalized spacial score (nSPS) is 10.4. The Hall–Kier alpha value is -0.780. The maximum absolute atomic E-state index is 12.6. The monoisotopic (exact) mass is 420 g/mol. The molecule has 5 heteroatoms. The van der Waals surface area contributed by atoms with E-state index in [0.29, 0.717) is 26.9 Å². The molecule has 0 N–H and O–H groups in total. The number of hydrogen-bond acceptors (Lipinski definition) is 2. The van der Waals surface area contributed by atoms with Gasteiger partial charge in [0.25, 0.3) is 0 Å². The predicted octanol–water partition coefficient (Wildman–Crippen LogP) is 5.15. The summed E-state index contributed by atoms with van der Waals surface area (Å²) in [5.41, 5.74) is 2.04. The van der Waals surface area contributed by atoms with E-state index in [2.05, 4.69) is 22.6 Å². The van der Waals surface area contributed by atoms with Gasteiger partial charge in [-0.1, -0.05) is 35.3 Å². The van der Waals surface area contributed by atoms with Crippen molar-refractivity contribution >= 4 is 51.6 Å². The Balaban J connectivity index is 2.54. The summed E-state index contributed by atoms with van der Waals surface area (Å²) in [4.78, 5) is 12.6. The van der Waals surface area contributed by atoms with Crippen LogP contribution in [0.4, 0.5) is 0 Å². The molecule has 2 nitrogen and oxygen atoms in total. The van der Waals surface area contributed by atoms with E-state index >= 15 is 0 Å². The molecule has 104 valence electrons. The first-order valence-electron chi connectivity index (χ1n) is 5.78. The maximum Gasteiger partial charge on any atom is 0.195 e. The Morgan fingerprint density at radius 1 is 1.15 bits per heavy atom. The van der Waals surface area contributed by atoms with Crippen LogP contribution < -0.4 is 4.74 Å². The molecule has 0 aliphatic rings. The van der Waals surface area contributed by atoms with Crippen molar-refractivity contribution in [3.63, 3.8) is 0 Å². The average molecular weight is 421 g/mol. The third-order valence-corrected chi connectivity index (χ3v) is 4.96. The molecule has 0 aromatic heterocycles. The zero-order valence-electron chi connectivity index (χ0n) is 10.8. The lowest BCUT2D eigenvalue weighted by Crippen LogP contribution is -2.06. The molecule has 0 spiro atoms. The fraction of sp³-hybridized carbons (Fsp3) is 0.133. The smallest absolute Gasteiger partial charge is 0.195 e. The highest BCUT2D eigenvalue weighted by Gasteiger charge is 2.18. The zero-order valence-corrected chi connectivity index (χ0v) is 14.5. The second-order valence-corrected chi connectivity index (χ2v) is 6.13. The molecule has 0 saturated carbocycles. The predicted molar refractivity (Wildman–Crippen MR) is 90.3 cm³/mol. The van der Waals surface area contributed by atoms with Gasteiger partial charge in [0.2, 0.25) is 0 Å². The number of carbonyl (C=O) groups excluding carboxylic acids is 1. The van der Waals surface area contributed by atoms with E-state index in [1.54, 1.807) is 18.2 Å². The Morgan fingerprint density at radius 3 is 2.50 bits per heavy atom. The van der Waals surface area contributed by atoms with Crippen molar-refractivity contribution in [1.29, 1.82) is 0 Å². The molecule has 0 heterocycles. The summed E-state index contributed by atoms with van der Waals surface area (Å²) in [6.07, 6.45) is 0. The largest absolute Gasteiger partial charge is 0.495 e. The Labute approximate surface area is 141 Å². The summed E-state index contributed by atoms with van der Waals surface area (Å²) in [7, 11) is 1.50. The molecular weight excluding hydrogens is 410 g/mol. The SMILES string of the molecule is COc1cc(Cl)c(C(=O)c2cccc(C)c2I)cc1Cl. The van der Waals surface area contributed by atoms with Gasteiger partial charge in [-0.2, -0.15) is 0 Å². The minimum atomic E-state index is -0.146. The third kappa shape index (κ3) is 2.95. The quantitative estimate of drug-likeness (QED) is 0.507. The standard InChI is InChI=1S/C15H11Cl2IO2/c1-8-4-3-5-9(14(8)18)15(19)10-6-12(17)13(20-2)7-11(10)16/h3-7H,1-2H3. The number of carbonyl (C=O) groups is 1. The van der Waals surface area contributed by atoms with Crippen LogP contribution in [0.1, 0.15) is 21.5 Å². The van der Waals surface area contributed by atoms with Crippen LogP contribution in [-0.2, 0) is 0 Å². The first-order valence-corrected chi connectivity index (χ1v) is 7.62. The molecule has 0 aliphatic heterocycles. The van der Waals surface area contributed by atoms with E-state index in [1.165, 1.54) is 7.11 Å². The van der Waals surface area contributed by atoms with Crippen LogP contribution in [0.2, 0.25) is 10.0 Å². The van der Waals surface area contributed by atoms with Crippen molar-refractivity contribution in [2.75, 3.05) is 7.11 Å². The zero-order chi connectivity index (χ0) is 14.9. The van der Waals surface area contributed by atoms with Crippen molar-refractivity contribution < 1.29 is 9.53 Å². The van der Waals surface area contributed by atoms with E-state index in [1.807, 2.05) is 19.1 Å². The average Bonchev–Trinajstić information content (AvgIpc) is 2.43. The van der Waals surface area contributed by atoms with Crippen LogP contribution in [0.3, 0.4) is 0 Å². The van der Waals surface area contributed by atoms with E-state index < -0.39 is 0 Å². The summed E-state index contributed by atoms with van der Waals surface area (Å²) in [6, 6.07) is 8.69. The fourth-order valence-corrected chi connectivity index (χ4v) is 2.91. The van der Waals surface area contributed by atoms with Crippen LogP contribution in [0.25, 0.3) is 0 Å². The minimum absolute atomic E-state index is 0.146. The van der Waals surface area contributed by atoms with Gasteiger partial charge in [-0.3, -0.25) is 4.79 Å². The summed E-state index contributed by atoms with van der Waals surface area (Å²) < 4.78 is 5.99. The molecule has 0 unspecified atom stereocenters. The van der Waals surface area contributed by atoms with Crippen molar-refractivity contribution in [2.24, 2.45) is 0 Å². The fourth-order valence-electron chi connectivity index (χ4n) is 1.83. The van der Waals surface area contributed by atoms with Gasteiger partial charge in [-0.15, -0.1) is 0 Å². The number of aryl methyl sites for hydroxylation is 1. The summed E-state index contributed by atoms with van der Waals surface area (Å²) in [6.45, 7) is 1.96. The van der Waals surface area contributed by atoms with Gasteiger partial charge in [0.05, 0.1) is 17.2 Å². The molecule has 2 rings (SSSR count). The molecule has 0 saturated heterocycles. The highest BCUT2D eigenvalue weighted by atomic mass is 127. The molecule has 0 aliphatic carbocycles. The first kappa shape index (κ1) is 15.6. The number of hydrogen-bond donors (Lipinski definition) is 0. The van der Waals surface area contributed by atoms with E-state index in [-0.39, 0.29) is 5.78 Å². The van der Waals surface area contributed by atoms with Crippen LogP contribution in [0.15, 0.2) is 30.3 Å². The van der Waals surface area contributed by atoms with Gasteiger partial charge in [0.15, 0.2) is 5.78 Å². The molecule has 20 heavy (non-hydrogen) atoms. The number of halogens is 3. The Bertz CT molecular complexity index is 684. The molecule has 0 fully saturated rings. The molecule has 0 bridgehead atoms. The van der Waals surface area contributed by atoms with E-state index in [0.717, 1.165) is 9.13 Å². The lowest BCUT2D eigenvalue weighted by Gasteiger charge is -2.10. The Morgan fingerprint density at radius 2 is 1.85 bits per heavy atom. The van der Waals surface area contributed by atoms with Gasteiger partial charge < -0.3 is 4.74 Å². The van der Waals surface area contributed by atoms with E-state index in [9.17, 15) is 4.79 Å². The highest BCUT2D eigenvalue weighted by molar-refractivity contribution is 14.1. The molecule has 0 amide bonds. The maximum atomic E-state index is 12.6. The number of rotatable bonds is 3. The van der Waals surface area contributed by atoms with Crippen LogP contribution in [0, 0.1) is 10.5 Å². The number of ether oxygens (including phenoxy) is 1. The second-order valence-electron chi connectivity index (χ2n) is 4.23. The number of benzene rings is 2. The van der Waals surface area contributed by atoms with Crippen LogP contribution in [0.5, 0.6) is 5.75 Å². The van der Waals surface area contributed by atoms with Gasteiger partial charge in [-0.05, 0) is 47.2 Å². The molecule has 0 radical (unpaired) electrons. The van der Waals surface area contributed by atoms with Crippen molar-refractivity contribution in [3.8, 4) is 5.75 Å². The topological polar surface area (TPSA) is 26.3 Å². The van der Waals surface area contributed by atoms with Crippen molar-refractivity contribution in [1.82, 2.24) is 0 Å². The van der Waals surface area contributed by atoms with Gasteiger partial charge in [0, 0.05) is 20.8 Å². The third-order valence-electron chi connectivity index (χ3n) is 2.92. The molecule has 0 atom stereocenters. The molecular formula is C15H11Cl2IO2. The summed E-state index contributed by atoms with van der Waals surface area (Å²) in [5.74, 6) is 0.305. The summed E-state index contributed by atoms with van der Waals surface area (Å²) in [5, 5.41) is 0.691. The molecule has 2 aromatic carbocycles. The first-order chi connectivity index (χ1) is 9.45. The second kappa shape index (κ2) is 6.33. The van der Waals surface area contributed by atoms with Gasteiger partial charge >= 0.3 is 0 Å². The van der Waals surface area contributed by atoms with Crippen molar-refractivity contribution in [2.45, 2.75) is 6.92 Å². The van der Waals surface area contributed by atoms with Gasteiger partial charge in [0.1, 0.15) is 5.75 Å². The van der Waals surface area contributed by atoms with Gasteiger partial charge in [-0.25, -0.2) is 0 Å².